The zero-order valence-corrected chi connectivity index (χ0v) is 18.8. The average Bonchev–Trinajstić information content (AvgIpc) is 3.21. The Morgan fingerprint density at radius 3 is 2.41 bits per heavy atom. The molecular weight excluding hydrogens is 424 g/mol. The van der Waals surface area contributed by atoms with Crippen molar-refractivity contribution in [1.29, 1.82) is 0 Å². The van der Waals surface area contributed by atoms with E-state index in [0.717, 1.165) is 16.7 Å². The number of fused-ring (bicyclic) bond motifs is 1. The first-order valence-electron chi connectivity index (χ1n) is 9.99. The number of anilines is 1. The number of rotatable bonds is 5. The first-order chi connectivity index (χ1) is 15.3. The molecule has 32 heavy (non-hydrogen) atoms. The van der Waals surface area contributed by atoms with Crippen molar-refractivity contribution in [2.75, 3.05) is 19.4 Å². The summed E-state index contributed by atoms with van der Waals surface area (Å²) in [6, 6.07) is 14.6. The van der Waals surface area contributed by atoms with Gasteiger partial charge in [0.2, 0.25) is 5.91 Å². The summed E-state index contributed by atoms with van der Waals surface area (Å²) >= 11 is 1.41. The zero-order valence-electron chi connectivity index (χ0n) is 18.0. The van der Waals surface area contributed by atoms with Gasteiger partial charge in [0.1, 0.15) is 11.4 Å². The summed E-state index contributed by atoms with van der Waals surface area (Å²) in [5, 5.41) is 5.19. The van der Waals surface area contributed by atoms with Gasteiger partial charge in [-0.25, -0.2) is 4.98 Å². The van der Waals surface area contributed by atoms with E-state index in [1.807, 2.05) is 36.6 Å². The van der Waals surface area contributed by atoms with Crippen molar-refractivity contribution in [1.82, 2.24) is 14.5 Å². The Morgan fingerprint density at radius 2 is 1.75 bits per heavy atom. The van der Waals surface area contributed by atoms with Crippen LogP contribution in [0.15, 0.2) is 65.0 Å². The molecule has 2 aromatic heterocycles. The first kappa shape index (κ1) is 21.5. The minimum Gasteiger partial charge on any atom is -0.345 e. The summed E-state index contributed by atoms with van der Waals surface area (Å²) in [4.78, 5) is 44.2. The second-order valence-corrected chi connectivity index (χ2v) is 8.56. The van der Waals surface area contributed by atoms with Crippen LogP contribution in [0.1, 0.15) is 15.9 Å². The molecule has 0 aliphatic heterocycles. The van der Waals surface area contributed by atoms with Gasteiger partial charge in [-0.15, -0.1) is 11.3 Å². The van der Waals surface area contributed by atoms with E-state index < -0.39 is 0 Å². The van der Waals surface area contributed by atoms with E-state index in [4.69, 9.17) is 0 Å². The second kappa shape index (κ2) is 8.76. The number of aromatic nitrogens is 2. The summed E-state index contributed by atoms with van der Waals surface area (Å²) < 4.78 is 1.31. The predicted octanol–water partition coefficient (Wildman–Crippen LogP) is 3.77. The highest BCUT2D eigenvalue weighted by molar-refractivity contribution is 7.17. The molecule has 4 rings (SSSR count). The van der Waals surface area contributed by atoms with Gasteiger partial charge in [0.25, 0.3) is 11.5 Å². The lowest BCUT2D eigenvalue weighted by Gasteiger charge is -2.11. The lowest BCUT2D eigenvalue weighted by molar-refractivity contribution is -0.116. The summed E-state index contributed by atoms with van der Waals surface area (Å²) in [5.74, 6) is -0.471. The number of aryl methyl sites for hydroxylation is 1. The van der Waals surface area contributed by atoms with E-state index in [2.05, 4.69) is 10.3 Å². The summed E-state index contributed by atoms with van der Waals surface area (Å²) in [6.45, 7) is 1.85. The van der Waals surface area contributed by atoms with Gasteiger partial charge in [-0.3, -0.25) is 19.0 Å². The number of hydrogen-bond acceptors (Lipinski definition) is 5. The number of nitrogens with one attached hydrogen (secondary N) is 1. The molecule has 7 nitrogen and oxygen atoms in total. The minimum atomic E-state index is -0.355. The molecule has 0 spiro atoms. The molecule has 0 aliphatic carbocycles. The SMILES string of the molecule is Cc1ccc(-c2csc3ncn(CC(=O)Nc4ccc(C(=O)N(C)C)cc4)c(=O)c23)cc1. The topological polar surface area (TPSA) is 84.3 Å². The van der Waals surface area contributed by atoms with E-state index >= 15 is 0 Å². The van der Waals surface area contributed by atoms with Crippen LogP contribution in [0.5, 0.6) is 0 Å². The molecule has 0 radical (unpaired) electrons. The molecule has 0 fully saturated rings. The first-order valence-corrected chi connectivity index (χ1v) is 10.9. The Labute approximate surface area is 189 Å². The van der Waals surface area contributed by atoms with Gasteiger partial charge in [-0.1, -0.05) is 29.8 Å². The number of hydrogen-bond donors (Lipinski definition) is 1. The van der Waals surface area contributed by atoms with Gasteiger partial charge in [-0.05, 0) is 36.8 Å². The molecule has 4 aromatic rings. The van der Waals surface area contributed by atoms with Crippen LogP contribution in [0.2, 0.25) is 0 Å². The van der Waals surface area contributed by atoms with Gasteiger partial charge in [-0.2, -0.15) is 0 Å². The molecule has 0 aliphatic rings. The smallest absolute Gasteiger partial charge is 0.263 e. The second-order valence-electron chi connectivity index (χ2n) is 7.70. The van der Waals surface area contributed by atoms with E-state index in [1.54, 1.807) is 38.4 Å². The van der Waals surface area contributed by atoms with E-state index in [1.165, 1.54) is 27.1 Å². The molecule has 162 valence electrons. The maximum Gasteiger partial charge on any atom is 0.263 e. The van der Waals surface area contributed by atoms with E-state index in [-0.39, 0.29) is 23.9 Å². The van der Waals surface area contributed by atoms with E-state index in [9.17, 15) is 14.4 Å². The minimum absolute atomic E-state index is 0.117. The zero-order chi connectivity index (χ0) is 22.8. The number of nitrogens with zero attached hydrogens (tertiary/aromatic N) is 3. The lowest BCUT2D eigenvalue weighted by atomic mass is 10.1. The summed E-state index contributed by atoms with van der Waals surface area (Å²) in [6.07, 6.45) is 1.40. The van der Waals surface area contributed by atoms with Gasteiger partial charge >= 0.3 is 0 Å². The Bertz CT molecular complexity index is 1350. The molecule has 0 saturated carbocycles. The largest absolute Gasteiger partial charge is 0.345 e. The van der Waals surface area contributed by atoms with Crippen LogP contribution in [0.25, 0.3) is 21.3 Å². The van der Waals surface area contributed by atoms with Crippen molar-refractivity contribution in [3.05, 3.63) is 81.7 Å². The van der Waals surface area contributed by atoms with Crippen LogP contribution >= 0.6 is 11.3 Å². The van der Waals surface area contributed by atoms with Gasteiger partial charge < -0.3 is 10.2 Å². The lowest BCUT2D eigenvalue weighted by Crippen LogP contribution is -2.27. The maximum atomic E-state index is 13.1. The molecule has 0 atom stereocenters. The van der Waals surface area contributed by atoms with Crippen LogP contribution in [-0.2, 0) is 11.3 Å². The normalized spacial score (nSPS) is 10.8. The number of carbonyl (C=O) groups excluding carboxylic acids is 2. The molecule has 2 amide bonds. The Hall–Kier alpha value is -3.78. The van der Waals surface area contributed by atoms with Gasteiger partial charge in [0.15, 0.2) is 0 Å². The molecular formula is C24H22N4O3S. The number of amides is 2. The van der Waals surface area contributed by atoms with Crippen LogP contribution in [0, 0.1) is 6.92 Å². The Morgan fingerprint density at radius 1 is 1.06 bits per heavy atom. The molecule has 2 heterocycles. The highest BCUT2D eigenvalue weighted by Crippen LogP contribution is 2.30. The Kier molecular flexibility index (Phi) is 5.87. The van der Waals surface area contributed by atoms with Crippen molar-refractivity contribution in [2.24, 2.45) is 0 Å². The molecule has 1 N–H and O–H groups in total. The maximum absolute atomic E-state index is 13.1. The van der Waals surface area contributed by atoms with E-state index in [0.29, 0.717) is 21.5 Å². The van der Waals surface area contributed by atoms with Crippen molar-refractivity contribution < 1.29 is 9.59 Å². The van der Waals surface area contributed by atoms with Crippen molar-refractivity contribution >= 4 is 39.1 Å². The highest BCUT2D eigenvalue weighted by atomic mass is 32.1. The standard InChI is InChI=1S/C24H22N4O3S/c1-15-4-6-16(7-5-15)19-13-32-22-21(19)24(31)28(14-25-22)12-20(29)26-18-10-8-17(9-11-18)23(30)27(2)3/h4-11,13-14H,12H2,1-3H3,(H,26,29). The van der Waals surface area contributed by atoms with Crippen LogP contribution in [-0.4, -0.2) is 40.4 Å². The van der Waals surface area contributed by atoms with Crippen molar-refractivity contribution in [3.8, 4) is 11.1 Å². The Balaban J connectivity index is 1.55. The number of benzene rings is 2. The van der Waals surface area contributed by atoms with Gasteiger partial charge in [0, 0.05) is 36.3 Å². The van der Waals surface area contributed by atoms with Gasteiger partial charge in [0.05, 0.1) is 11.7 Å². The van der Waals surface area contributed by atoms with Crippen LogP contribution in [0.4, 0.5) is 5.69 Å². The molecule has 2 aromatic carbocycles. The molecule has 0 bridgehead atoms. The van der Waals surface area contributed by atoms with Crippen LogP contribution < -0.4 is 10.9 Å². The third kappa shape index (κ3) is 4.31. The molecule has 0 saturated heterocycles. The third-order valence-electron chi connectivity index (χ3n) is 5.06. The number of thiophene rings is 1. The van der Waals surface area contributed by atoms with Crippen molar-refractivity contribution in [3.63, 3.8) is 0 Å². The average molecular weight is 447 g/mol. The third-order valence-corrected chi connectivity index (χ3v) is 5.95. The summed E-state index contributed by atoms with van der Waals surface area (Å²) in [5.41, 5.74) is 3.71. The monoisotopic (exact) mass is 446 g/mol. The fourth-order valence-electron chi connectivity index (χ4n) is 3.34. The highest BCUT2D eigenvalue weighted by Gasteiger charge is 2.15. The van der Waals surface area contributed by atoms with Crippen molar-refractivity contribution in [2.45, 2.75) is 13.5 Å². The molecule has 8 heteroatoms. The molecule has 0 unspecified atom stereocenters. The summed E-state index contributed by atoms with van der Waals surface area (Å²) in [7, 11) is 3.36. The predicted molar refractivity (Wildman–Crippen MR) is 127 cm³/mol. The number of carbonyl (C=O) groups is 2. The fraction of sp³-hybridized carbons (Fsp3) is 0.167. The van der Waals surface area contributed by atoms with Crippen LogP contribution in [0.3, 0.4) is 0 Å². The fourth-order valence-corrected chi connectivity index (χ4v) is 4.24. The quantitative estimate of drug-likeness (QED) is 0.506.